The number of alkyl carbamates (subject to hydrolysis) is 1. The van der Waals surface area contributed by atoms with Gasteiger partial charge in [-0.25, -0.2) is 4.79 Å². The Hall–Kier alpha value is -0.990. The standard InChI is InChI=1S/C13H25NO2/c1-7-8-9-10(2)11(3)14-12(15)16-13(4,5)6/h7-8,10-11H,9H2,1-6H3,(H,14,15)/b8-7-/t10?,11-/m1/s1. The number of hydrogen-bond donors (Lipinski definition) is 1. The number of nitrogens with one attached hydrogen (secondary N) is 1. The highest BCUT2D eigenvalue weighted by molar-refractivity contribution is 5.68. The molecule has 0 heterocycles. The minimum absolute atomic E-state index is 0.117. The summed E-state index contributed by atoms with van der Waals surface area (Å²) in [4.78, 5) is 11.5. The van der Waals surface area contributed by atoms with E-state index in [9.17, 15) is 4.79 Å². The van der Waals surface area contributed by atoms with Crippen LogP contribution >= 0.6 is 0 Å². The second kappa shape index (κ2) is 6.56. The maximum atomic E-state index is 11.5. The summed E-state index contributed by atoms with van der Waals surface area (Å²) in [7, 11) is 0. The molecular weight excluding hydrogens is 202 g/mol. The molecule has 94 valence electrons. The van der Waals surface area contributed by atoms with E-state index >= 15 is 0 Å². The van der Waals surface area contributed by atoms with Crippen LogP contribution in [-0.2, 0) is 4.74 Å². The van der Waals surface area contributed by atoms with Crippen molar-refractivity contribution in [2.45, 2.75) is 59.6 Å². The second-order valence-electron chi connectivity index (χ2n) is 5.22. The van der Waals surface area contributed by atoms with E-state index in [1.54, 1.807) is 0 Å². The zero-order valence-corrected chi connectivity index (χ0v) is 11.3. The quantitative estimate of drug-likeness (QED) is 0.746. The Morgan fingerprint density at radius 2 is 1.94 bits per heavy atom. The van der Waals surface area contributed by atoms with E-state index in [0.717, 1.165) is 6.42 Å². The number of hydrogen-bond acceptors (Lipinski definition) is 2. The van der Waals surface area contributed by atoms with Crippen molar-refractivity contribution in [2.75, 3.05) is 0 Å². The van der Waals surface area contributed by atoms with E-state index in [1.807, 2.05) is 40.7 Å². The van der Waals surface area contributed by atoms with Crippen molar-refractivity contribution in [1.82, 2.24) is 5.32 Å². The Bertz CT molecular complexity index is 241. The van der Waals surface area contributed by atoms with Gasteiger partial charge in [-0.3, -0.25) is 0 Å². The monoisotopic (exact) mass is 227 g/mol. The van der Waals surface area contributed by atoms with Crippen molar-refractivity contribution in [3.63, 3.8) is 0 Å². The maximum Gasteiger partial charge on any atom is 0.407 e. The van der Waals surface area contributed by atoms with Gasteiger partial charge >= 0.3 is 6.09 Å². The predicted octanol–water partition coefficient (Wildman–Crippen LogP) is 3.50. The number of rotatable bonds is 4. The largest absolute Gasteiger partial charge is 0.444 e. The summed E-state index contributed by atoms with van der Waals surface area (Å²) in [5.41, 5.74) is -0.434. The first-order valence-electron chi connectivity index (χ1n) is 5.87. The molecule has 1 amide bonds. The molecule has 0 aliphatic rings. The third-order valence-electron chi connectivity index (χ3n) is 2.34. The molecule has 2 atom stereocenters. The normalized spacial score (nSPS) is 15.9. The molecule has 0 aromatic rings. The van der Waals surface area contributed by atoms with Crippen LogP contribution in [0.3, 0.4) is 0 Å². The fourth-order valence-electron chi connectivity index (χ4n) is 1.19. The van der Waals surface area contributed by atoms with Gasteiger partial charge in [-0.05, 0) is 47.0 Å². The van der Waals surface area contributed by atoms with Crippen LogP contribution in [0.4, 0.5) is 4.79 Å². The lowest BCUT2D eigenvalue weighted by Gasteiger charge is -2.24. The highest BCUT2D eigenvalue weighted by Gasteiger charge is 2.19. The lowest BCUT2D eigenvalue weighted by Crippen LogP contribution is -2.40. The molecule has 0 saturated heterocycles. The van der Waals surface area contributed by atoms with Gasteiger partial charge in [0, 0.05) is 6.04 Å². The topological polar surface area (TPSA) is 38.3 Å². The van der Waals surface area contributed by atoms with Gasteiger partial charge in [-0.1, -0.05) is 19.1 Å². The highest BCUT2D eigenvalue weighted by atomic mass is 16.6. The van der Waals surface area contributed by atoms with Crippen molar-refractivity contribution in [3.05, 3.63) is 12.2 Å². The first kappa shape index (κ1) is 15.0. The molecule has 0 aliphatic carbocycles. The van der Waals surface area contributed by atoms with E-state index in [2.05, 4.69) is 18.3 Å². The number of carbonyl (C=O) groups is 1. The van der Waals surface area contributed by atoms with E-state index in [4.69, 9.17) is 4.74 Å². The van der Waals surface area contributed by atoms with Gasteiger partial charge in [0.15, 0.2) is 0 Å². The Morgan fingerprint density at radius 3 is 2.38 bits per heavy atom. The molecule has 0 bridgehead atoms. The molecule has 0 aliphatic heterocycles. The van der Waals surface area contributed by atoms with E-state index < -0.39 is 5.60 Å². The Kier molecular flexibility index (Phi) is 6.16. The minimum Gasteiger partial charge on any atom is -0.444 e. The van der Waals surface area contributed by atoms with E-state index in [0.29, 0.717) is 5.92 Å². The van der Waals surface area contributed by atoms with Crippen LogP contribution < -0.4 is 5.32 Å². The number of amides is 1. The van der Waals surface area contributed by atoms with Crippen LogP contribution in [0, 0.1) is 5.92 Å². The molecule has 1 unspecified atom stereocenters. The van der Waals surface area contributed by atoms with Gasteiger partial charge in [0.2, 0.25) is 0 Å². The molecule has 0 rings (SSSR count). The van der Waals surface area contributed by atoms with E-state index in [-0.39, 0.29) is 12.1 Å². The summed E-state index contributed by atoms with van der Waals surface area (Å²) in [5, 5.41) is 2.85. The van der Waals surface area contributed by atoms with Gasteiger partial charge in [0.25, 0.3) is 0 Å². The van der Waals surface area contributed by atoms with Crippen LogP contribution in [0.1, 0.15) is 48.0 Å². The summed E-state index contributed by atoms with van der Waals surface area (Å²) >= 11 is 0. The van der Waals surface area contributed by atoms with Crippen molar-refractivity contribution in [3.8, 4) is 0 Å². The summed E-state index contributed by atoms with van der Waals surface area (Å²) in [6, 6.07) is 0.117. The summed E-state index contributed by atoms with van der Waals surface area (Å²) < 4.78 is 5.19. The van der Waals surface area contributed by atoms with Gasteiger partial charge in [-0.2, -0.15) is 0 Å². The molecule has 3 nitrogen and oxygen atoms in total. The Balaban J connectivity index is 4.03. The van der Waals surface area contributed by atoms with Gasteiger partial charge in [-0.15, -0.1) is 0 Å². The van der Waals surface area contributed by atoms with Gasteiger partial charge in [0.05, 0.1) is 0 Å². The fraction of sp³-hybridized carbons (Fsp3) is 0.769. The van der Waals surface area contributed by atoms with Crippen molar-refractivity contribution in [1.29, 1.82) is 0 Å². The number of allylic oxidation sites excluding steroid dienone is 2. The summed E-state index contributed by atoms with van der Waals surface area (Å²) in [5.74, 6) is 0.406. The minimum atomic E-state index is -0.434. The maximum absolute atomic E-state index is 11.5. The van der Waals surface area contributed by atoms with Crippen LogP contribution in [-0.4, -0.2) is 17.7 Å². The Morgan fingerprint density at radius 1 is 1.38 bits per heavy atom. The van der Waals surface area contributed by atoms with Crippen molar-refractivity contribution < 1.29 is 9.53 Å². The van der Waals surface area contributed by atoms with E-state index in [1.165, 1.54) is 0 Å². The van der Waals surface area contributed by atoms with Crippen LogP contribution in [0.25, 0.3) is 0 Å². The highest BCUT2D eigenvalue weighted by Crippen LogP contribution is 2.11. The van der Waals surface area contributed by atoms with Crippen LogP contribution in [0.15, 0.2) is 12.2 Å². The van der Waals surface area contributed by atoms with Gasteiger partial charge in [0.1, 0.15) is 5.60 Å². The molecule has 3 heteroatoms. The van der Waals surface area contributed by atoms with Crippen molar-refractivity contribution in [2.24, 2.45) is 5.92 Å². The van der Waals surface area contributed by atoms with Crippen LogP contribution in [0.2, 0.25) is 0 Å². The molecule has 0 radical (unpaired) electrons. The molecule has 16 heavy (non-hydrogen) atoms. The number of ether oxygens (including phenoxy) is 1. The number of carbonyl (C=O) groups excluding carboxylic acids is 1. The molecular formula is C13H25NO2. The smallest absolute Gasteiger partial charge is 0.407 e. The third kappa shape index (κ3) is 7.32. The summed E-state index contributed by atoms with van der Waals surface area (Å²) in [6.07, 6.45) is 4.76. The SMILES string of the molecule is C/C=C\CC(C)[C@@H](C)NC(=O)OC(C)(C)C. The summed E-state index contributed by atoms with van der Waals surface area (Å²) in [6.45, 7) is 11.7. The predicted molar refractivity (Wildman–Crippen MR) is 67.4 cm³/mol. The fourth-order valence-corrected chi connectivity index (χ4v) is 1.19. The van der Waals surface area contributed by atoms with Crippen LogP contribution in [0.5, 0.6) is 0 Å². The molecule has 0 saturated carbocycles. The second-order valence-corrected chi connectivity index (χ2v) is 5.22. The molecule has 0 aromatic carbocycles. The molecule has 0 aromatic heterocycles. The first-order chi connectivity index (χ1) is 7.26. The molecule has 0 fully saturated rings. The zero-order chi connectivity index (χ0) is 12.8. The molecule has 1 N–H and O–H groups in total. The lowest BCUT2D eigenvalue weighted by atomic mass is 10.00. The first-order valence-corrected chi connectivity index (χ1v) is 5.87. The lowest BCUT2D eigenvalue weighted by molar-refractivity contribution is 0.0494. The average Bonchev–Trinajstić information content (AvgIpc) is 2.10. The zero-order valence-electron chi connectivity index (χ0n) is 11.3. The van der Waals surface area contributed by atoms with Gasteiger partial charge < -0.3 is 10.1 Å². The molecule has 0 spiro atoms. The Labute approximate surface area is 99.3 Å². The van der Waals surface area contributed by atoms with Crippen molar-refractivity contribution >= 4 is 6.09 Å². The third-order valence-corrected chi connectivity index (χ3v) is 2.34. The average molecular weight is 227 g/mol.